The zero-order valence-electron chi connectivity index (χ0n) is 17.7. The van der Waals surface area contributed by atoms with Crippen molar-refractivity contribution in [2.45, 2.75) is 20.4 Å². The molecule has 168 valence electrons. The molecule has 0 saturated carbocycles. The average Bonchev–Trinajstić information content (AvgIpc) is 3.03. The second kappa shape index (κ2) is 10.8. The van der Waals surface area contributed by atoms with Crippen molar-refractivity contribution in [2.24, 2.45) is 0 Å². The van der Waals surface area contributed by atoms with Crippen LogP contribution in [0.2, 0.25) is 0 Å². The molecule has 1 aliphatic heterocycles. The van der Waals surface area contributed by atoms with Crippen LogP contribution in [0.25, 0.3) is 6.08 Å². The predicted octanol–water partition coefficient (Wildman–Crippen LogP) is 3.88. The van der Waals surface area contributed by atoms with E-state index in [0.717, 1.165) is 10.5 Å². The Bertz CT molecular complexity index is 1040. The minimum atomic E-state index is -0.491. The highest BCUT2D eigenvalue weighted by Crippen LogP contribution is 2.35. The summed E-state index contributed by atoms with van der Waals surface area (Å²) in [6, 6.07) is 12.1. The smallest absolute Gasteiger partial charge is 0.344 e. The standard InChI is InChI=1S/C23H23BrN2O6/c1-3-30-19-11-16(17(24)12-20(19)32-14-21(27)31-4-2)10-18-22(28)26(23(29)25-18)13-15-8-6-5-7-9-15/h5-12H,3-4,13-14H2,1-2H3,(H,25,29)/b18-10+. The number of amides is 3. The van der Waals surface area contributed by atoms with Crippen LogP contribution in [-0.2, 0) is 20.9 Å². The van der Waals surface area contributed by atoms with Crippen molar-refractivity contribution in [3.63, 3.8) is 0 Å². The van der Waals surface area contributed by atoms with Crippen molar-refractivity contribution in [2.75, 3.05) is 19.8 Å². The van der Waals surface area contributed by atoms with E-state index < -0.39 is 17.9 Å². The highest BCUT2D eigenvalue weighted by atomic mass is 79.9. The number of carbonyl (C=O) groups excluding carboxylic acids is 3. The van der Waals surface area contributed by atoms with Gasteiger partial charge in [-0.2, -0.15) is 0 Å². The largest absolute Gasteiger partial charge is 0.490 e. The molecule has 3 rings (SSSR count). The molecule has 8 nitrogen and oxygen atoms in total. The SMILES string of the molecule is CCOC(=O)COc1cc(Br)c(/C=C2/NC(=O)N(Cc3ccccc3)C2=O)cc1OCC. The van der Waals surface area contributed by atoms with Crippen LogP contribution in [-0.4, -0.2) is 42.6 Å². The number of carbonyl (C=O) groups is 3. The van der Waals surface area contributed by atoms with Crippen LogP contribution >= 0.6 is 15.9 Å². The third kappa shape index (κ3) is 5.67. The van der Waals surface area contributed by atoms with Gasteiger partial charge in [0, 0.05) is 4.47 Å². The molecule has 9 heteroatoms. The van der Waals surface area contributed by atoms with Crippen LogP contribution < -0.4 is 14.8 Å². The highest BCUT2D eigenvalue weighted by Gasteiger charge is 2.33. The quantitative estimate of drug-likeness (QED) is 0.317. The van der Waals surface area contributed by atoms with Gasteiger partial charge in [-0.15, -0.1) is 0 Å². The van der Waals surface area contributed by atoms with E-state index in [2.05, 4.69) is 21.2 Å². The third-order valence-electron chi connectivity index (χ3n) is 4.46. The summed E-state index contributed by atoms with van der Waals surface area (Å²) < 4.78 is 16.6. The zero-order chi connectivity index (χ0) is 23.1. The van der Waals surface area contributed by atoms with Gasteiger partial charge < -0.3 is 19.5 Å². The fourth-order valence-electron chi connectivity index (χ4n) is 3.02. The van der Waals surface area contributed by atoms with Crippen molar-refractivity contribution in [1.82, 2.24) is 10.2 Å². The van der Waals surface area contributed by atoms with E-state index in [9.17, 15) is 14.4 Å². The number of esters is 1. The fraction of sp³-hybridized carbons (Fsp3) is 0.261. The van der Waals surface area contributed by atoms with Gasteiger partial charge in [-0.3, -0.25) is 9.69 Å². The van der Waals surface area contributed by atoms with Gasteiger partial charge in [0.25, 0.3) is 5.91 Å². The van der Waals surface area contributed by atoms with Crippen LogP contribution in [0.4, 0.5) is 4.79 Å². The van der Waals surface area contributed by atoms with E-state index in [1.807, 2.05) is 37.3 Å². The first-order valence-corrected chi connectivity index (χ1v) is 10.9. The lowest BCUT2D eigenvalue weighted by Crippen LogP contribution is -2.30. The summed E-state index contributed by atoms with van der Waals surface area (Å²) >= 11 is 3.45. The Morgan fingerprint density at radius 1 is 1.06 bits per heavy atom. The number of benzene rings is 2. The Labute approximate surface area is 194 Å². The van der Waals surface area contributed by atoms with Gasteiger partial charge >= 0.3 is 12.0 Å². The van der Waals surface area contributed by atoms with E-state index in [1.54, 1.807) is 25.1 Å². The molecule has 1 heterocycles. The molecule has 1 N–H and O–H groups in total. The second-order valence-electron chi connectivity index (χ2n) is 6.71. The maximum absolute atomic E-state index is 12.8. The van der Waals surface area contributed by atoms with Crippen molar-refractivity contribution in [3.05, 3.63) is 63.8 Å². The van der Waals surface area contributed by atoms with Crippen molar-refractivity contribution in [1.29, 1.82) is 0 Å². The summed E-state index contributed by atoms with van der Waals surface area (Å²) in [6.45, 7) is 4.08. The Kier molecular flexibility index (Phi) is 7.88. The molecule has 0 aliphatic carbocycles. The molecular formula is C23H23BrN2O6. The van der Waals surface area contributed by atoms with Crippen LogP contribution in [0.1, 0.15) is 25.0 Å². The second-order valence-corrected chi connectivity index (χ2v) is 7.57. The lowest BCUT2D eigenvalue weighted by atomic mass is 10.1. The molecule has 0 spiro atoms. The van der Waals surface area contributed by atoms with Gasteiger partial charge in [-0.25, -0.2) is 9.59 Å². The Hall–Kier alpha value is -3.33. The van der Waals surface area contributed by atoms with E-state index >= 15 is 0 Å². The topological polar surface area (TPSA) is 94.2 Å². The molecule has 0 bridgehead atoms. The minimum absolute atomic E-state index is 0.147. The number of ether oxygens (including phenoxy) is 3. The summed E-state index contributed by atoms with van der Waals surface area (Å²) in [6.07, 6.45) is 1.56. The molecule has 3 amide bonds. The fourth-order valence-corrected chi connectivity index (χ4v) is 3.46. The molecule has 1 saturated heterocycles. The van der Waals surface area contributed by atoms with Crippen molar-refractivity contribution >= 4 is 39.9 Å². The first-order chi connectivity index (χ1) is 15.4. The molecule has 0 radical (unpaired) electrons. The maximum Gasteiger partial charge on any atom is 0.344 e. The molecule has 0 aromatic heterocycles. The molecule has 0 unspecified atom stereocenters. The maximum atomic E-state index is 12.8. The van der Waals surface area contributed by atoms with Gasteiger partial charge in [-0.05, 0) is 43.2 Å². The molecule has 1 aliphatic rings. The summed E-state index contributed by atoms with van der Waals surface area (Å²) in [5, 5.41) is 2.61. The highest BCUT2D eigenvalue weighted by molar-refractivity contribution is 9.10. The van der Waals surface area contributed by atoms with Gasteiger partial charge in [-0.1, -0.05) is 46.3 Å². The summed E-state index contributed by atoms with van der Waals surface area (Å²) in [5.41, 5.74) is 1.59. The first-order valence-electron chi connectivity index (χ1n) is 10.1. The number of halogens is 1. The summed E-state index contributed by atoms with van der Waals surface area (Å²) in [5.74, 6) is -0.174. The lowest BCUT2D eigenvalue weighted by Gasteiger charge is -2.14. The van der Waals surface area contributed by atoms with E-state index in [-0.39, 0.29) is 25.5 Å². The van der Waals surface area contributed by atoms with Crippen molar-refractivity contribution in [3.8, 4) is 11.5 Å². The number of rotatable bonds is 9. The van der Waals surface area contributed by atoms with Crippen LogP contribution in [0.5, 0.6) is 11.5 Å². The number of hydrogen-bond donors (Lipinski definition) is 1. The van der Waals surface area contributed by atoms with Gasteiger partial charge in [0.1, 0.15) is 5.70 Å². The monoisotopic (exact) mass is 502 g/mol. The van der Waals surface area contributed by atoms with E-state index in [4.69, 9.17) is 14.2 Å². The predicted molar refractivity (Wildman–Crippen MR) is 121 cm³/mol. The van der Waals surface area contributed by atoms with Gasteiger partial charge in [0.05, 0.1) is 19.8 Å². The van der Waals surface area contributed by atoms with Gasteiger partial charge in [0.15, 0.2) is 18.1 Å². The molecule has 2 aromatic carbocycles. The summed E-state index contributed by atoms with van der Waals surface area (Å²) in [4.78, 5) is 37.9. The molecule has 0 atom stereocenters. The summed E-state index contributed by atoms with van der Waals surface area (Å²) in [7, 11) is 0. The number of nitrogens with zero attached hydrogens (tertiary/aromatic N) is 1. The van der Waals surface area contributed by atoms with E-state index in [0.29, 0.717) is 28.1 Å². The number of hydrogen-bond acceptors (Lipinski definition) is 6. The zero-order valence-corrected chi connectivity index (χ0v) is 19.3. The van der Waals surface area contributed by atoms with E-state index in [1.165, 1.54) is 0 Å². The third-order valence-corrected chi connectivity index (χ3v) is 5.15. The average molecular weight is 503 g/mol. The number of urea groups is 1. The van der Waals surface area contributed by atoms with Crippen LogP contribution in [0.15, 0.2) is 52.6 Å². The molecule has 1 fully saturated rings. The first kappa shape index (κ1) is 23.3. The van der Waals surface area contributed by atoms with Crippen LogP contribution in [0, 0.1) is 0 Å². The van der Waals surface area contributed by atoms with Crippen molar-refractivity contribution < 1.29 is 28.6 Å². The number of nitrogens with one attached hydrogen (secondary N) is 1. The molecular weight excluding hydrogens is 480 g/mol. The Morgan fingerprint density at radius 2 is 1.78 bits per heavy atom. The Morgan fingerprint density at radius 3 is 2.47 bits per heavy atom. The van der Waals surface area contributed by atoms with Crippen LogP contribution in [0.3, 0.4) is 0 Å². The number of imide groups is 1. The Balaban J connectivity index is 1.82. The molecule has 32 heavy (non-hydrogen) atoms. The minimum Gasteiger partial charge on any atom is -0.490 e. The van der Waals surface area contributed by atoms with Gasteiger partial charge in [0.2, 0.25) is 0 Å². The normalized spacial score (nSPS) is 14.5. The lowest BCUT2D eigenvalue weighted by molar-refractivity contribution is -0.145. The molecule has 2 aromatic rings.